The van der Waals surface area contributed by atoms with Crippen LogP contribution >= 0.6 is 0 Å². The monoisotopic (exact) mass is 566 g/mol. The van der Waals surface area contributed by atoms with E-state index in [2.05, 4.69) is 10.6 Å². The highest BCUT2D eigenvalue weighted by Gasteiger charge is 2.33. The van der Waals surface area contributed by atoms with Gasteiger partial charge in [0.1, 0.15) is 0 Å². The fourth-order valence-corrected chi connectivity index (χ4v) is 4.50. The van der Waals surface area contributed by atoms with E-state index < -0.39 is 35.3 Å². The first kappa shape index (κ1) is 31.0. The maximum absolute atomic E-state index is 13.8. The van der Waals surface area contributed by atoms with Crippen LogP contribution in [-0.4, -0.2) is 24.9 Å². The topological polar surface area (TPSA) is 58.2 Å². The van der Waals surface area contributed by atoms with Crippen molar-refractivity contribution < 1.29 is 35.9 Å². The van der Waals surface area contributed by atoms with E-state index in [1.807, 2.05) is 13.8 Å². The van der Waals surface area contributed by atoms with Gasteiger partial charge < -0.3 is 10.6 Å². The average molecular weight is 567 g/mol. The van der Waals surface area contributed by atoms with E-state index in [0.717, 1.165) is 43.5 Å². The van der Waals surface area contributed by atoms with Gasteiger partial charge in [0, 0.05) is 13.1 Å². The number of alkyl halides is 6. The molecule has 10 heteroatoms. The van der Waals surface area contributed by atoms with E-state index in [1.165, 1.54) is 25.1 Å². The number of halogens is 6. The number of fused-ring (bicyclic) bond motifs is 1. The lowest BCUT2D eigenvalue weighted by atomic mass is 9.86. The van der Waals surface area contributed by atoms with Crippen LogP contribution in [0.5, 0.6) is 0 Å². The maximum atomic E-state index is 13.8. The molecule has 3 rings (SSSR count). The third kappa shape index (κ3) is 7.34. The van der Waals surface area contributed by atoms with Gasteiger partial charge in [0.25, 0.3) is 5.91 Å². The van der Waals surface area contributed by atoms with Crippen LogP contribution in [0.25, 0.3) is 21.9 Å². The lowest BCUT2D eigenvalue weighted by Gasteiger charge is -2.20. The molecular formula is C30H32F6N2O2. The Kier molecular flexibility index (Phi) is 9.87. The molecule has 0 aromatic heterocycles. The minimum absolute atomic E-state index is 0.0194. The summed E-state index contributed by atoms with van der Waals surface area (Å²) < 4.78 is 81.7. The van der Waals surface area contributed by atoms with Gasteiger partial charge in [-0.3, -0.25) is 9.59 Å². The molecule has 0 fully saturated rings. The predicted octanol–water partition coefficient (Wildman–Crippen LogP) is 7.84. The smallest absolute Gasteiger partial charge is 0.356 e. The van der Waals surface area contributed by atoms with Crippen molar-refractivity contribution in [3.05, 3.63) is 70.3 Å². The number of rotatable bonds is 10. The lowest BCUT2D eigenvalue weighted by Crippen LogP contribution is -2.27. The van der Waals surface area contributed by atoms with Gasteiger partial charge in [0.05, 0.1) is 23.1 Å². The molecular weight excluding hydrogens is 534 g/mol. The normalized spacial score (nSPS) is 12.0. The van der Waals surface area contributed by atoms with Crippen molar-refractivity contribution in [2.24, 2.45) is 0 Å². The minimum atomic E-state index is -4.70. The zero-order valence-electron chi connectivity index (χ0n) is 22.6. The Hall–Kier alpha value is -3.56. The highest BCUT2D eigenvalue weighted by Crippen LogP contribution is 2.40. The number of nitrogens with one attached hydrogen (secondary N) is 2. The second-order valence-corrected chi connectivity index (χ2v) is 9.73. The van der Waals surface area contributed by atoms with E-state index in [4.69, 9.17) is 0 Å². The molecule has 0 saturated carbocycles. The van der Waals surface area contributed by atoms with E-state index in [1.54, 1.807) is 0 Å². The Balaban J connectivity index is 2.30. The van der Waals surface area contributed by atoms with Gasteiger partial charge in [-0.15, -0.1) is 0 Å². The first-order valence-electron chi connectivity index (χ1n) is 13.2. The molecule has 0 radical (unpaired) electrons. The fraction of sp³-hybridized carbons (Fsp3) is 0.400. The molecule has 2 amide bonds. The van der Waals surface area contributed by atoms with Crippen molar-refractivity contribution in [3.63, 3.8) is 0 Å². The molecule has 216 valence electrons. The molecule has 40 heavy (non-hydrogen) atoms. The molecule has 2 N–H and O–H groups in total. The summed E-state index contributed by atoms with van der Waals surface area (Å²) in [5.41, 5.74) is -1.19. The summed E-state index contributed by atoms with van der Waals surface area (Å²) in [5, 5.41) is 5.82. The van der Waals surface area contributed by atoms with Gasteiger partial charge in [0.15, 0.2) is 0 Å². The minimum Gasteiger partial charge on any atom is -0.356 e. The summed E-state index contributed by atoms with van der Waals surface area (Å²) in [4.78, 5) is 26.1. The summed E-state index contributed by atoms with van der Waals surface area (Å²) in [6.45, 7) is 6.09. The van der Waals surface area contributed by atoms with Crippen LogP contribution in [-0.2, 0) is 23.6 Å². The highest BCUT2D eigenvalue weighted by molar-refractivity contribution is 6.13. The number of carbonyl (C=O) groups is 2. The zero-order valence-corrected chi connectivity index (χ0v) is 22.6. The second kappa shape index (κ2) is 12.7. The third-order valence-corrected chi connectivity index (χ3v) is 6.65. The zero-order chi connectivity index (χ0) is 29.7. The van der Waals surface area contributed by atoms with Crippen molar-refractivity contribution in [3.8, 4) is 11.1 Å². The molecule has 0 aliphatic rings. The van der Waals surface area contributed by atoms with E-state index >= 15 is 0 Å². The summed E-state index contributed by atoms with van der Waals surface area (Å²) in [5.74, 6) is -1.01. The van der Waals surface area contributed by atoms with E-state index in [9.17, 15) is 35.9 Å². The van der Waals surface area contributed by atoms with Crippen LogP contribution in [0.3, 0.4) is 0 Å². The number of unbranched alkanes of at least 4 members (excludes halogenated alkanes) is 2. The van der Waals surface area contributed by atoms with Crippen LogP contribution in [0.1, 0.15) is 72.1 Å². The molecule has 0 unspecified atom stereocenters. The van der Waals surface area contributed by atoms with Crippen LogP contribution in [0, 0.1) is 6.92 Å². The molecule has 0 saturated heterocycles. The Bertz CT molecular complexity index is 1380. The Labute approximate surface area is 229 Å². The molecule has 0 heterocycles. The predicted molar refractivity (Wildman–Crippen MR) is 143 cm³/mol. The number of aryl methyl sites for hydroxylation is 1. The summed E-state index contributed by atoms with van der Waals surface area (Å²) in [7, 11) is 0. The van der Waals surface area contributed by atoms with E-state index in [0.29, 0.717) is 18.5 Å². The lowest BCUT2D eigenvalue weighted by molar-refractivity contribution is -0.138. The van der Waals surface area contributed by atoms with Gasteiger partial charge in [0.2, 0.25) is 5.91 Å². The Morgan fingerprint density at radius 2 is 1.30 bits per heavy atom. The van der Waals surface area contributed by atoms with Crippen molar-refractivity contribution in [2.75, 3.05) is 13.1 Å². The van der Waals surface area contributed by atoms with Crippen LogP contribution in [0.4, 0.5) is 26.3 Å². The van der Waals surface area contributed by atoms with Crippen molar-refractivity contribution in [1.82, 2.24) is 10.6 Å². The molecule has 0 aliphatic carbocycles. The number of hydrogen-bond donors (Lipinski definition) is 2. The largest absolute Gasteiger partial charge is 0.416 e. The van der Waals surface area contributed by atoms with Gasteiger partial charge in [-0.05, 0) is 83.1 Å². The van der Waals surface area contributed by atoms with Crippen molar-refractivity contribution >= 4 is 22.6 Å². The van der Waals surface area contributed by atoms with Crippen LogP contribution < -0.4 is 10.6 Å². The number of hydrogen-bond acceptors (Lipinski definition) is 2. The third-order valence-electron chi connectivity index (χ3n) is 6.65. The second-order valence-electron chi connectivity index (χ2n) is 9.73. The summed E-state index contributed by atoms with van der Waals surface area (Å²) in [6, 6.07) is 7.36. The number of amides is 2. The maximum Gasteiger partial charge on any atom is 0.416 e. The van der Waals surface area contributed by atoms with Crippen molar-refractivity contribution in [1.29, 1.82) is 0 Å². The van der Waals surface area contributed by atoms with Crippen LogP contribution in [0.2, 0.25) is 0 Å². The fourth-order valence-electron chi connectivity index (χ4n) is 4.50. The van der Waals surface area contributed by atoms with Gasteiger partial charge >= 0.3 is 12.4 Å². The average Bonchev–Trinajstić information content (AvgIpc) is 2.87. The molecule has 0 aliphatic heterocycles. The van der Waals surface area contributed by atoms with E-state index in [-0.39, 0.29) is 46.0 Å². The highest BCUT2D eigenvalue weighted by atomic mass is 19.4. The molecule has 3 aromatic rings. The first-order chi connectivity index (χ1) is 18.8. The molecule has 0 atom stereocenters. The van der Waals surface area contributed by atoms with Crippen LogP contribution in [0.15, 0.2) is 42.5 Å². The quantitative estimate of drug-likeness (QED) is 0.194. The standard InChI is InChI=1S/C30H32F6N2O2/c1-4-6-12-37-26(39)15-19-8-9-20(29(31,32)33)17-24(19)25-14-18(3)23-16-21(30(34,35)36)10-11-22(23)27(25)28(40)38-13-7-5-2/h8-11,14,16-17H,4-7,12-13,15H2,1-3H3,(H,37,39)(H,38,40). The van der Waals surface area contributed by atoms with Crippen molar-refractivity contribution in [2.45, 2.75) is 65.2 Å². The number of carbonyl (C=O) groups excluding carboxylic acids is 2. The summed E-state index contributed by atoms with van der Waals surface area (Å²) >= 11 is 0. The number of benzene rings is 3. The van der Waals surface area contributed by atoms with Gasteiger partial charge in [-0.1, -0.05) is 38.8 Å². The van der Waals surface area contributed by atoms with Gasteiger partial charge in [-0.2, -0.15) is 26.3 Å². The summed E-state index contributed by atoms with van der Waals surface area (Å²) in [6.07, 6.45) is -6.59. The molecule has 3 aromatic carbocycles. The molecule has 0 spiro atoms. The SMILES string of the molecule is CCCCNC(=O)Cc1ccc(C(F)(F)F)cc1-c1cc(C)c2cc(C(F)(F)F)ccc2c1C(=O)NCCCC. The molecule has 4 nitrogen and oxygen atoms in total. The molecule has 0 bridgehead atoms. The van der Waals surface area contributed by atoms with Gasteiger partial charge in [-0.25, -0.2) is 0 Å². The Morgan fingerprint density at radius 3 is 1.90 bits per heavy atom. The first-order valence-corrected chi connectivity index (χ1v) is 13.2. The Morgan fingerprint density at radius 1 is 0.725 bits per heavy atom.